The van der Waals surface area contributed by atoms with E-state index in [1.54, 1.807) is 35.7 Å². The minimum absolute atomic E-state index is 0.0310. The first-order valence-electron chi connectivity index (χ1n) is 11.3. The average Bonchev–Trinajstić information content (AvgIpc) is 2.79. The molecule has 2 aromatic carbocycles. The normalized spacial score (nSPS) is 16.0. The Morgan fingerprint density at radius 2 is 1.62 bits per heavy atom. The van der Waals surface area contributed by atoms with Crippen LogP contribution in [-0.2, 0) is 15.8 Å². The number of ether oxygens (including phenoxy) is 1. The van der Waals surface area contributed by atoms with Gasteiger partial charge in [0.05, 0.1) is 18.9 Å². The van der Waals surface area contributed by atoms with Crippen LogP contribution in [0.4, 0.5) is 0 Å². The molecule has 1 aliphatic heterocycles. The van der Waals surface area contributed by atoms with E-state index in [4.69, 9.17) is 4.74 Å². The zero-order valence-electron chi connectivity index (χ0n) is 19.2. The number of carbonyl (C=O) groups excluding carboxylic acids is 1. The first-order chi connectivity index (χ1) is 15.3. The van der Waals surface area contributed by atoms with E-state index in [0.717, 1.165) is 37.0 Å². The van der Waals surface area contributed by atoms with E-state index in [-0.39, 0.29) is 17.7 Å². The molecule has 0 unspecified atom stereocenters. The Morgan fingerprint density at radius 3 is 2.19 bits per heavy atom. The van der Waals surface area contributed by atoms with Crippen molar-refractivity contribution in [3.63, 3.8) is 0 Å². The number of nitrogens with one attached hydrogen (secondary N) is 1. The van der Waals surface area contributed by atoms with Crippen molar-refractivity contribution in [3.05, 3.63) is 65.2 Å². The Morgan fingerprint density at radius 1 is 1.00 bits per heavy atom. The van der Waals surface area contributed by atoms with Gasteiger partial charge in [0.25, 0.3) is 5.91 Å². The number of methoxy groups -OCH3 is 1. The van der Waals surface area contributed by atoms with E-state index in [9.17, 15) is 13.2 Å². The molecular formula is C25H34N2O4S. The lowest BCUT2D eigenvalue weighted by Gasteiger charge is -2.25. The summed E-state index contributed by atoms with van der Waals surface area (Å²) in [5.74, 6) is 0.983. The standard InChI is InChI=1S/C25H34N2O4S/c1-19(2)17-24(21-11-13-23(31-3)14-12-21)26-25(28)22-9-7-20(8-10-22)18-32(29,30)27-15-5-4-6-16-27/h7-14,19,24H,4-6,15-18H2,1-3H3,(H,26,28)/t24-/m0/s1. The fourth-order valence-electron chi connectivity index (χ4n) is 4.02. The summed E-state index contributed by atoms with van der Waals surface area (Å²) in [5.41, 5.74) is 2.24. The molecule has 0 saturated carbocycles. The molecule has 6 nitrogen and oxygen atoms in total. The van der Waals surface area contributed by atoms with Gasteiger partial charge in [-0.3, -0.25) is 4.79 Å². The van der Waals surface area contributed by atoms with Crippen LogP contribution in [0.15, 0.2) is 48.5 Å². The van der Waals surface area contributed by atoms with Gasteiger partial charge in [-0.15, -0.1) is 0 Å². The van der Waals surface area contributed by atoms with E-state index in [1.165, 1.54) is 0 Å². The van der Waals surface area contributed by atoms with Crippen LogP contribution in [-0.4, -0.2) is 38.8 Å². The summed E-state index contributed by atoms with van der Waals surface area (Å²) in [6, 6.07) is 14.5. The monoisotopic (exact) mass is 458 g/mol. The zero-order valence-corrected chi connectivity index (χ0v) is 20.0. The van der Waals surface area contributed by atoms with Crippen molar-refractivity contribution < 1.29 is 17.9 Å². The highest BCUT2D eigenvalue weighted by atomic mass is 32.2. The van der Waals surface area contributed by atoms with Gasteiger partial charge in [-0.05, 0) is 60.6 Å². The summed E-state index contributed by atoms with van der Waals surface area (Å²) < 4.78 is 32.1. The highest BCUT2D eigenvalue weighted by Crippen LogP contribution is 2.24. The second-order valence-electron chi connectivity index (χ2n) is 8.84. The Bertz CT molecular complexity index is 980. The molecule has 1 saturated heterocycles. The molecule has 1 N–H and O–H groups in total. The Labute approximate surface area is 192 Å². The van der Waals surface area contributed by atoms with Gasteiger partial charge in [0, 0.05) is 18.7 Å². The summed E-state index contributed by atoms with van der Waals surface area (Å²) in [5, 5.41) is 3.13. The molecule has 0 bridgehead atoms. The topological polar surface area (TPSA) is 75.7 Å². The summed E-state index contributed by atoms with van der Waals surface area (Å²) in [4.78, 5) is 12.9. The molecule has 1 fully saturated rings. The number of piperidine rings is 1. The number of hydrogen-bond acceptors (Lipinski definition) is 4. The van der Waals surface area contributed by atoms with E-state index in [1.807, 2.05) is 24.3 Å². The first kappa shape index (κ1) is 24.3. The zero-order chi connectivity index (χ0) is 23.1. The lowest BCUT2D eigenvalue weighted by atomic mass is 9.96. The quantitative estimate of drug-likeness (QED) is 0.599. The molecule has 7 heteroatoms. The number of sulfonamides is 1. The minimum Gasteiger partial charge on any atom is -0.497 e. The smallest absolute Gasteiger partial charge is 0.251 e. The molecule has 0 aliphatic carbocycles. The van der Waals surface area contributed by atoms with Gasteiger partial charge < -0.3 is 10.1 Å². The van der Waals surface area contributed by atoms with E-state index >= 15 is 0 Å². The maximum absolute atomic E-state index is 12.9. The van der Waals surface area contributed by atoms with Gasteiger partial charge in [0.1, 0.15) is 5.75 Å². The molecule has 0 spiro atoms. The molecule has 174 valence electrons. The van der Waals surface area contributed by atoms with E-state index < -0.39 is 10.0 Å². The highest BCUT2D eigenvalue weighted by Gasteiger charge is 2.24. The number of amides is 1. The highest BCUT2D eigenvalue weighted by molar-refractivity contribution is 7.88. The fraction of sp³-hybridized carbons (Fsp3) is 0.480. The third-order valence-electron chi connectivity index (χ3n) is 5.80. The SMILES string of the molecule is COc1ccc([C@H](CC(C)C)NC(=O)c2ccc(CS(=O)(=O)N3CCCCC3)cc2)cc1. The van der Waals surface area contributed by atoms with Crippen molar-refractivity contribution in [2.24, 2.45) is 5.92 Å². The van der Waals surface area contributed by atoms with Crippen molar-refractivity contribution in [1.82, 2.24) is 9.62 Å². The van der Waals surface area contributed by atoms with Gasteiger partial charge >= 0.3 is 0 Å². The average molecular weight is 459 g/mol. The molecule has 1 aliphatic rings. The molecule has 1 atom stereocenters. The summed E-state index contributed by atoms with van der Waals surface area (Å²) in [6.07, 6.45) is 3.74. The number of nitrogens with zero attached hydrogens (tertiary/aromatic N) is 1. The van der Waals surface area contributed by atoms with Gasteiger partial charge in [-0.2, -0.15) is 0 Å². The van der Waals surface area contributed by atoms with Crippen molar-refractivity contribution in [1.29, 1.82) is 0 Å². The number of hydrogen-bond donors (Lipinski definition) is 1. The third kappa shape index (κ3) is 6.56. The second kappa shape index (κ2) is 11.0. The molecule has 0 aromatic heterocycles. The predicted molar refractivity (Wildman–Crippen MR) is 127 cm³/mol. The first-order valence-corrected chi connectivity index (χ1v) is 12.9. The Kier molecular flexibility index (Phi) is 8.32. The Balaban J connectivity index is 1.67. The molecule has 1 heterocycles. The van der Waals surface area contributed by atoms with Gasteiger partial charge in [-0.1, -0.05) is 44.5 Å². The largest absolute Gasteiger partial charge is 0.497 e. The van der Waals surface area contributed by atoms with Gasteiger partial charge in [0.2, 0.25) is 10.0 Å². The van der Waals surface area contributed by atoms with E-state index in [2.05, 4.69) is 19.2 Å². The Hall–Kier alpha value is -2.38. The predicted octanol–water partition coefficient (Wildman–Crippen LogP) is 4.53. The maximum Gasteiger partial charge on any atom is 0.251 e. The van der Waals surface area contributed by atoms with Crippen LogP contribution < -0.4 is 10.1 Å². The lowest BCUT2D eigenvalue weighted by Crippen LogP contribution is -2.36. The molecule has 2 aromatic rings. The maximum atomic E-state index is 12.9. The summed E-state index contributed by atoms with van der Waals surface area (Å²) in [6.45, 7) is 5.46. The summed E-state index contributed by atoms with van der Waals surface area (Å²) in [7, 11) is -1.69. The fourth-order valence-corrected chi connectivity index (χ4v) is 5.64. The van der Waals surface area contributed by atoms with Crippen molar-refractivity contribution in [2.45, 2.75) is 51.3 Å². The van der Waals surface area contributed by atoms with Crippen LogP contribution >= 0.6 is 0 Å². The van der Waals surface area contributed by atoms with Crippen molar-refractivity contribution in [2.75, 3.05) is 20.2 Å². The third-order valence-corrected chi connectivity index (χ3v) is 7.65. The molecular weight excluding hydrogens is 424 g/mol. The number of benzene rings is 2. The molecule has 32 heavy (non-hydrogen) atoms. The van der Waals surface area contributed by atoms with Crippen LogP contribution in [0.25, 0.3) is 0 Å². The van der Waals surface area contributed by atoms with Crippen LogP contribution in [0, 0.1) is 5.92 Å². The van der Waals surface area contributed by atoms with Gasteiger partial charge in [-0.25, -0.2) is 12.7 Å². The minimum atomic E-state index is -3.32. The number of carbonyl (C=O) groups is 1. The van der Waals surface area contributed by atoms with E-state index in [0.29, 0.717) is 30.1 Å². The summed E-state index contributed by atoms with van der Waals surface area (Å²) >= 11 is 0. The second-order valence-corrected chi connectivity index (χ2v) is 10.8. The van der Waals surface area contributed by atoms with Crippen LogP contribution in [0.3, 0.4) is 0 Å². The molecule has 3 rings (SSSR count). The van der Waals surface area contributed by atoms with Crippen LogP contribution in [0.1, 0.15) is 67.1 Å². The van der Waals surface area contributed by atoms with Crippen molar-refractivity contribution in [3.8, 4) is 5.75 Å². The lowest BCUT2D eigenvalue weighted by molar-refractivity contribution is 0.0932. The number of rotatable bonds is 9. The van der Waals surface area contributed by atoms with Gasteiger partial charge in [0.15, 0.2) is 0 Å². The molecule has 0 radical (unpaired) electrons. The van der Waals surface area contributed by atoms with Crippen molar-refractivity contribution >= 4 is 15.9 Å². The van der Waals surface area contributed by atoms with Crippen LogP contribution in [0.2, 0.25) is 0 Å². The molecule has 1 amide bonds. The van der Waals surface area contributed by atoms with Crippen LogP contribution in [0.5, 0.6) is 5.75 Å².